The van der Waals surface area contributed by atoms with Gasteiger partial charge in [-0.15, -0.1) is 0 Å². The first-order valence-electron chi connectivity index (χ1n) is 7.32. The average molecular weight is 264 g/mol. The molecule has 19 heavy (non-hydrogen) atoms. The Bertz CT molecular complexity index is 368. The van der Waals surface area contributed by atoms with Gasteiger partial charge in [0.05, 0.1) is 12.3 Å². The normalized spacial score (nSPS) is 21.6. The molecule has 1 aromatic rings. The summed E-state index contributed by atoms with van der Waals surface area (Å²) >= 11 is 0. The Kier molecular flexibility index (Phi) is 5.45. The molecule has 1 fully saturated rings. The van der Waals surface area contributed by atoms with Crippen LogP contribution in [0.15, 0.2) is 22.8 Å². The maximum atomic E-state index is 12.1. The second kappa shape index (κ2) is 7.34. The van der Waals surface area contributed by atoms with Gasteiger partial charge in [0.25, 0.3) is 0 Å². The van der Waals surface area contributed by atoms with Gasteiger partial charge in [0.15, 0.2) is 0 Å². The van der Waals surface area contributed by atoms with E-state index in [1.165, 1.54) is 12.8 Å². The minimum Gasteiger partial charge on any atom is -0.469 e. The van der Waals surface area contributed by atoms with Crippen molar-refractivity contribution in [3.05, 3.63) is 24.2 Å². The lowest BCUT2D eigenvalue weighted by Crippen LogP contribution is -2.46. The summed E-state index contributed by atoms with van der Waals surface area (Å²) < 4.78 is 5.30. The molecule has 1 aromatic heterocycles. The predicted molar refractivity (Wildman–Crippen MR) is 74.9 cm³/mol. The molecule has 1 aliphatic heterocycles. The van der Waals surface area contributed by atoms with Crippen molar-refractivity contribution >= 4 is 5.91 Å². The molecule has 2 heterocycles. The van der Waals surface area contributed by atoms with Crippen molar-refractivity contribution in [2.75, 3.05) is 6.54 Å². The first-order valence-corrected chi connectivity index (χ1v) is 7.32. The van der Waals surface area contributed by atoms with Crippen molar-refractivity contribution < 1.29 is 9.21 Å². The van der Waals surface area contributed by atoms with E-state index in [9.17, 15) is 4.79 Å². The number of furan rings is 1. The fourth-order valence-corrected chi connectivity index (χ4v) is 2.48. The number of amides is 1. The summed E-state index contributed by atoms with van der Waals surface area (Å²) in [6, 6.07) is 4.05. The van der Waals surface area contributed by atoms with Gasteiger partial charge < -0.3 is 15.1 Å². The fraction of sp³-hybridized carbons (Fsp3) is 0.667. The van der Waals surface area contributed by atoms with Gasteiger partial charge in [-0.25, -0.2) is 0 Å². The number of aryl methyl sites for hydroxylation is 1. The fourth-order valence-electron chi connectivity index (χ4n) is 2.48. The Morgan fingerprint density at radius 2 is 2.42 bits per heavy atom. The molecule has 2 N–H and O–H groups in total. The number of carbonyl (C=O) groups is 1. The van der Waals surface area contributed by atoms with E-state index < -0.39 is 0 Å². The largest absolute Gasteiger partial charge is 0.469 e. The van der Waals surface area contributed by atoms with Crippen molar-refractivity contribution in [2.24, 2.45) is 0 Å². The third kappa shape index (κ3) is 4.71. The first-order chi connectivity index (χ1) is 9.25. The van der Waals surface area contributed by atoms with Crippen LogP contribution in [-0.2, 0) is 11.2 Å². The second-order valence-electron chi connectivity index (χ2n) is 5.38. The topological polar surface area (TPSA) is 54.3 Å². The summed E-state index contributed by atoms with van der Waals surface area (Å²) in [5.74, 6) is 1.13. The molecule has 1 aliphatic rings. The van der Waals surface area contributed by atoms with Crippen molar-refractivity contribution in [3.63, 3.8) is 0 Å². The Morgan fingerprint density at radius 1 is 1.53 bits per heavy atom. The molecule has 0 spiro atoms. The third-order valence-corrected chi connectivity index (χ3v) is 3.67. The molecule has 106 valence electrons. The first kappa shape index (κ1) is 14.1. The number of hydrogen-bond acceptors (Lipinski definition) is 3. The summed E-state index contributed by atoms with van der Waals surface area (Å²) in [6.45, 7) is 3.01. The monoisotopic (exact) mass is 264 g/mol. The van der Waals surface area contributed by atoms with Gasteiger partial charge in [-0.3, -0.25) is 4.79 Å². The van der Waals surface area contributed by atoms with E-state index in [0.29, 0.717) is 0 Å². The highest BCUT2D eigenvalue weighted by Gasteiger charge is 2.20. The van der Waals surface area contributed by atoms with E-state index in [2.05, 4.69) is 17.6 Å². The van der Waals surface area contributed by atoms with E-state index >= 15 is 0 Å². The smallest absolute Gasteiger partial charge is 0.237 e. The van der Waals surface area contributed by atoms with Crippen molar-refractivity contribution in [1.29, 1.82) is 0 Å². The molecule has 0 bridgehead atoms. The highest BCUT2D eigenvalue weighted by Crippen LogP contribution is 2.10. The summed E-state index contributed by atoms with van der Waals surface area (Å²) in [7, 11) is 0. The second-order valence-corrected chi connectivity index (χ2v) is 5.38. The van der Waals surface area contributed by atoms with Gasteiger partial charge in [0.2, 0.25) is 5.91 Å². The van der Waals surface area contributed by atoms with Crippen LogP contribution in [0.3, 0.4) is 0 Å². The van der Waals surface area contributed by atoms with Gasteiger partial charge in [-0.2, -0.15) is 0 Å². The lowest BCUT2D eigenvalue weighted by Gasteiger charge is -2.19. The zero-order valence-electron chi connectivity index (χ0n) is 11.7. The number of nitrogens with one attached hydrogen (secondary N) is 2. The van der Waals surface area contributed by atoms with Crippen LogP contribution >= 0.6 is 0 Å². The maximum Gasteiger partial charge on any atom is 0.237 e. The molecule has 0 radical (unpaired) electrons. The minimum atomic E-state index is -0.00596. The molecular weight excluding hydrogens is 240 g/mol. The van der Waals surface area contributed by atoms with Crippen LogP contribution in [-0.4, -0.2) is 24.5 Å². The molecule has 0 aliphatic carbocycles. The lowest BCUT2D eigenvalue weighted by molar-refractivity contribution is -0.123. The summed E-state index contributed by atoms with van der Waals surface area (Å²) in [4.78, 5) is 12.1. The molecule has 4 nitrogen and oxygen atoms in total. The Balaban J connectivity index is 1.71. The zero-order valence-corrected chi connectivity index (χ0v) is 11.7. The summed E-state index contributed by atoms with van der Waals surface area (Å²) in [6.07, 6.45) is 7.97. The quantitative estimate of drug-likeness (QED) is 0.857. The third-order valence-electron chi connectivity index (χ3n) is 3.67. The number of rotatable bonds is 5. The standard InChI is InChI=1S/C15H24N2O2/c1-12(8-9-13-6-5-11-19-13)17-15(18)14-7-3-2-4-10-16-14/h5-6,11-12,14,16H,2-4,7-10H2,1H3,(H,17,18). The highest BCUT2D eigenvalue weighted by atomic mass is 16.3. The zero-order chi connectivity index (χ0) is 13.5. The van der Waals surface area contributed by atoms with Crippen LogP contribution in [0.2, 0.25) is 0 Å². The summed E-state index contributed by atoms with van der Waals surface area (Å²) in [5.41, 5.74) is 0. The molecule has 2 unspecified atom stereocenters. The van der Waals surface area contributed by atoms with Crippen LogP contribution in [0, 0.1) is 0 Å². The van der Waals surface area contributed by atoms with Crippen molar-refractivity contribution in [3.8, 4) is 0 Å². The van der Waals surface area contributed by atoms with Gasteiger partial charge in [0.1, 0.15) is 5.76 Å². The maximum absolute atomic E-state index is 12.1. The van der Waals surface area contributed by atoms with Gasteiger partial charge >= 0.3 is 0 Å². The molecule has 2 atom stereocenters. The average Bonchev–Trinajstić information content (AvgIpc) is 2.76. The van der Waals surface area contributed by atoms with Gasteiger partial charge in [0, 0.05) is 12.5 Å². The van der Waals surface area contributed by atoms with Crippen LogP contribution in [0.25, 0.3) is 0 Å². The summed E-state index contributed by atoms with van der Waals surface area (Å²) in [5, 5.41) is 6.42. The highest BCUT2D eigenvalue weighted by molar-refractivity contribution is 5.82. The van der Waals surface area contributed by atoms with E-state index in [1.807, 2.05) is 12.1 Å². The van der Waals surface area contributed by atoms with Crippen LogP contribution < -0.4 is 10.6 Å². The molecule has 2 rings (SSSR count). The van der Waals surface area contributed by atoms with Crippen LogP contribution in [0.1, 0.15) is 44.8 Å². The van der Waals surface area contributed by atoms with E-state index in [4.69, 9.17) is 4.42 Å². The van der Waals surface area contributed by atoms with E-state index in [-0.39, 0.29) is 18.0 Å². The molecule has 4 heteroatoms. The van der Waals surface area contributed by atoms with Gasteiger partial charge in [-0.05, 0) is 44.9 Å². The number of hydrogen-bond donors (Lipinski definition) is 2. The van der Waals surface area contributed by atoms with Crippen LogP contribution in [0.4, 0.5) is 0 Å². The van der Waals surface area contributed by atoms with Crippen molar-refractivity contribution in [2.45, 2.75) is 57.5 Å². The van der Waals surface area contributed by atoms with Gasteiger partial charge in [-0.1, -0.05) is 12.8 Å². The Labute approximate surface area is 114 Å². The number of carbonyl (C=O) groups excluding carboxylic acids is 1. The minimum absolute atomic E-state index is 0.00596. The molecule has 0 aromatic carbocycles. The van der Waals surface area contributed by atoms with E-state index in [1.54, 1.807) is 6.26 Å². The van der Waals surface area contributed by atoms with Crippen LogP contribution in [0.5, 0.6) is 0 Å². The Morgan fingerprint density at radius 3 is 3.21 bits per heavy atom. The molecule has 1 amide bonds. The molecular formula is C15H24N2O2. The predicted octanol–water partition coefficient (Wildman–Crippen LogP) is 2.25. The lowest BCUT2D eigenvalue weighted by atomic mass is 10.1. The molecule has 1 saturated heterocycles. The van der Waals surface area contributed by atoms with Crippen molar-refractivity contribution in [1.82, 2.24) is 10.6 Å². The SMILES string of the molecule is CC(CCc1ccco1)NC(=O)C1CCCCCN1. The Hall–Kier alpha value is -1.29. The van der Waals surface area contributed by atoms with E-state index in [0.717, 1.165) is 38.0 Å². The molecule has 0 saturated carbocycles.